The van der Waals surface area contributed by atoms with Crippen molar-refractivity contribution >= 4 is 49.1 Å². The molecule has 2 nitrogen and oxygen atoms in total. The summed E-state index contributed by atoms with van der Waals surface area (Å²) in [7, 11) is 1.67. The predicted octanol–water partition coefficient (Wildman–Crippen LogP) is 5.45. The molecule has 3 rings (SSSR count). The minimum absolute atomic E-state index is 0.376. The monoisotopic (exact) mass is 429 g/mol. The second-order valence-corrected chi connectivity index (χ2v) is 7.27. The predicted molar refractivity (Wildman–Crippen MR) is 94.7 cm³/mol. The molecular formula is C16H14Br2ClNO. The first-order valence-corrected chi connectivity index (χ1v) is 8.60. The second-order valence-electron chi connectivity index (χ2n) is 5.13. The van der Waals surface area contributed by atoms with Gasteiger partial charge in [0.2, 0.25) is 0 Å². The molecule has 0 bridgehead atoms. The highest BCUT2D eigenvalue weighted by atomic mass is 79.9. The summed E-state index contributed by atoms with van der Waals surface area (Å²) in [5, 5.41) is 4.39. The van der Waals surface area contributed by atoms with E-state index in [0.29, 0.717) is 6.04 Å². The largest absolute Gasteiger partial charge is 0.495 e. The molecule has 0 saturated heterocycles. The van der Waals surface area contributed by atoms with E-state index in [1.54, 1.807) is 7.11 Å². The van der Waals surface area contributed by atoms with E-state index in [0.717, 1.165) is 38.2 Å². The van der Waals surface area contributed by atoms with Crippen molar-refractivity contribution < 1.29 is 4.74 Å². The number of rotatable bonds is 3. The lowest BCUT2D eigenvalue weighted by Gasteiger charge is -2.16. The summed E-state index contributed by atoms with van der Waals surface area (Å²) >= 11 is 13.1. The molecule has 1 aliphatic carbocycles. The lowest BCUT2D eigenvalue weighted by atomic mass is 10.1. The summed E-state index contributed by atoms with van der Waals surface area (Å²) in [6, 6.07) is 10.5. The molecule has 0 amide bonds. The van der Waals surface area contributed by atoms with Crippen molar-refractivity contribution in [1.82, 2.24) is 0 Å². The Hall–Kier alpha value is -0.710. The molecule has 5 heteroatoms. The van der Waals surface area contributed by atoms with Crippen LogP contribution < -0.4 is 10.1 Å². The van der Waals surface area contributed by atoms with Crippen LogP contribution in [-0.2, 0) is 12.8 Å². The summed E-state index contributed by atoms with van der Waals surface area (Å²) in [5.41, 5.74) is 3.75. The molecule has 0 spiro atoms. The first kappa shape index (κ1) is 15.2. The number of halogens is 3. The van der Waals surface area contributed by atoms with Gasteiger partial charge in [0, 0.05) is 21.6 Å². The number of hydrogen-bond donors (Lipinski definition) is 1. The van der Waals surface area contributed by atoms with Gasteiger partial charge in [-0.15, -0.1) is 0 Å². The van der Waals surface area contributed by atoms with Gasteiger partial charge in [-0.1, -0.05) is 17.7 Å². The molecule has 0 saturated carbocycles. The van der Waals surface area contributed by atoms with Crippen molar-refractivity contribution in [2.24, 2.45) is 0 Å². The van der Waals surface area contributed by atoms with Crippen LogP contribution in [-0.4, -0.2) is 13.2 Å². The zero-order valence-corrected chi connectivity index (χ0v) is 15.3. The summed E-state index contributed by atoms with van der Waals surface area (Å²) in [6.07, 6.45) is 2.00. The van der Waals surface area contributed by atoms with E-state index >= 15 is 0 Å². The van der Waals surface area contributed by atoms with E-state index in [2.05, 4.69) is 49.3 Å². The summed E-state index contributed by atoms with van der Waals surface area (Å²) in [6.45, 7) is 0. The molecule has 0 radical (unpaired) electrons. The Morgan fingerprint density at radius 1 is 1.10 bits per heavy atom. The average Bonchev–Trinajstić information content (AvgIpc) is 2.83. The maximum atomic E-state index is 6.06. The van der Waals surface area contributed by atoms with Crippen molar-refractivity contribution in [3.8, 4) is 5.75 Å². The minimum Gasteiger partial charge on any atom is -0.495 e. The van der Waals surface area contributed by atoms with Gasteiger partial charge < -0.3 is 10.1 Å². The number of nitrogens with one attached hydrogen (secondary N) is 1. The molecule has 110 valence electrons. The van der Waals surface area contributed by atoms with E-state index in [-0.39, 0.29) is 0 Å². The molecular weight excluding hydrogens is 417 g/mol. The highest BCUT2D eigenvalue weighted by Gasteiger charge is 2.22. The van der Waals surface area contributed by atoms with Gasteiger partial charge in [-0.25, -0.2) is 0 Å². The van der Waals surface area contributed by atoms with Crippen LogP contribution in [0.15, 0.2) is 39.3 Å². The quantitative estimate of drug-likeness (QED) is 0.698. The maximum absolute atomic E-state index is 6.06. The first-order chi connectivity index (χ1) is 10.1. The van der Waals surface area contributed by atoms with E-state index in [1.807, 2.05) is 18.2 Å². The van der Waals surface area contributed by atoms with Crippen LogP contribution in [0.25, 0.3) is 0 Å². The van der Waals surface area contributed by atoms with Crippen molar-refractivity contribution in [3.05, 3.63) is 55.4 Å². The van der Waals surface area contributed by atoms with Gasteiger partial charge in [0.25, 0.3) is 0 Å². The fourth-order valence-corrected chi connectivity index (χ4v) is 4.17. The van der Waals surface area contributed by atoms with Crippen LogP contribution in [0, 0.1) is 0 Å². The third kappa shape index (κ3) is 3.22. The molecule has 2 aromatic carbocycles. The van der Waals surface area contributed by atoms with E-state index in [1.165, 1.54) is 11.1 Å². The molecule has 1 atom stereocenters. The Labute approximate surface area is 146 Å². The molecule has 21 heavy (non-hydrogen) atoms. The molecule has 1 unspecified atom stereocenters. The van der Waals surface area contributed by atoms with Crippen LogP contribution in [0.4, 0.5) is 5.69 Å². The molecule has 0 heterocycles. The zero-order valence-electron chi connectivity index (χ0n) is 11.4. The molecule has 1 N–H and O–H groups in total. The third-order valence-corrected chi connectivity index (χ3v) is 5.21. The Balaban J connectivity index is 1.80. The zero-order chi connectivity index (χ0) is 15.0. The normalized spacial score (nSPS) is 16.7. The minimum atomic E-state index is 0.376. The first-order valence-electron chi connectivity index (χ1n) is 6.63. The van der Waals surface area contributed by atoms with Crippen LogP contribution >= 0.6 is 43.5 Å². The fourth-order valence-electron chi connectivity index (χ4n) is 2.70. The number of anilines is 1. The molecule has 2 aromatic rings. The fraction of sp³-hybridized carbons (Fsp3) is 0.250. The van der Waals surface area contributed by atoms with Gasteiger partial charge in [0.1, 0.15) is 5.75 Å². The van der Waals surface area contributed by atoms with Crippen LogP contribution in [0.2, 0.25) is 5.02 Å². The Morgan fingerprint density at radius 3 is 2.62 bits per heavy atom. The number of benzene rings is 2. The van der Waals surface area contributed by atoms with Gasteiger partial charge in [-0.3, -0.25) is 0 Å². The number of methoxy groups -OCH3 is 1. The Bertz CT molecular complexity index is 690. The standard InChI is InChI=1S/C16H14Br2ClNO/c1-21-16-8-15(13(17)7-14(16)18)20-12-5-9-2-3-11(19)4-10(9)6-12/h2-4,7-8,12,20H,5-6H2,1H3. The summed E-state index contributed by atoms with van der Waals surface area (Å²) in [5.74, 6) is 0.819. The lowest BCUT2D eigenvalue weighted by molar-refractivity contribution is 0.412. The van der Waals surface area contributed by atoms with Gasteiger partial charge in [-0.2, -0.15) is 0 Å². The van der Waals surface area contributed by atoms with Crippen LogP contribution in [0.1, 0.15) is 11.1 Å². The second kappa shape index (κ2) is 6.19. The van der Waals surface area contributed by atoms with Crippen LogP contribution in [0.3, 0.4) is 0 Å². The number of fused-ring (bicyclic) bond motifs is 1. The van der Waals surface area contributed by atoms with Crippen molar-refractivity contribution in [1.29, 1.82) is 0 Å². The maximum Gasteiger partial charge on any atom is 0.135 e. The Morgan fingerprint density at radius 2 is 1.86 bits per heavy atom. The van der Waals surface area contributed by atoms with Gasteiger partial charge in [0.15, 0.2) is 0 Å². The Kier molecular flexibility index (Phi) is 4.48. The third-order valence-electron chi connectivity index (χ3n) is 3.70. The van der Waals surface area contributed by atoms with Gasteiger partial charge in [-0.05, 0) is 74.0 Å². The van der Waals surface area contributed by atoms with E-state index in [9.17, 15) is 0 Å². The summed E-state index contributed by atoms with van der Waals surface area (Å²) in [4.78, 5) is 0. The van der Waals surface area contributed by atoms with E-state index in [4.69, 9.17) is 16.3 Å². The van der Waals surface area contributed by atoms with Crippen LogP contribution in [0.5, 0.6) is 5.75 Å². The molecule has 0 aliphatic heterocycles. The highest BCUT2D eigenvalue weighted by molar-refractivity contribution is 9.11. The van der Waals surface area contributed by atoms with Gasteiger partial charge >= 0.3 is 0 Å². The molecule has 0 aromatic heterocycles. The van der Waals surface area contributed by atoms with Gasteiger partial charge in [0.05, 0.1) is 17.3 Å². The van der Waals surface area contributed by atoms with Crippen molar-refractivity contribution in [3.63, 3.8) is 0 Å². The molecule has 0 fully saturated rings. The topological polar surface area (TPSA) is 21.3 Å². The average molecular weight is 432 g/mol. The SMILES string of the molecule is COc1cc(NC2Cc3ccc(Cl)cc3C2)c(Br)cc1Br. The van der Waals surface area contributed by atoms with Crippen molar-refractivity contribution in [2.45, 2.75) is 18.9 Å². The summed E-state index contributed by atoms with van der Waals surface area (Å²) < 4.78 is 7.31. The lowest BCUT2D eigenvalue weighted by Crippen LogP contribution is -2.19. The molecule has 1 aliphatic rings. The van der Waals surface area contributed by atoms with E-state index < -0.39 is 0 Å². The number of ether oxygens (including phenoxy) is 1. The number of hydrogen-bond acceptors (Lipinski definition) is 2. The highest BCUT2D eigenvalue weighted by Crippen LogP contribution is 2.36. The smallest absolute Gasteiger partial charge is 0.135 e. The van der Waals surface area contributed by atoms with Crippen molar-refractivity contribution in [2.75, 3.05) is 12.4 Å².